The highest BCUT2D eigenvalue weighted by atomic mass is 16.1. The van der Waals surface area contributed by atoms with Gasteiger partial charge >= 0.3 is 0 Å². The van der Waals surface area contributed by atoms with Gasteiger partial charge in [0.1, 0.15) is 0 Å². The molecule has 3 heteroatoms. The van der Waals surface area contributed by atoms with Crippen LogP contribution in [-0.4, -0.2) is 19.0 Å². The molecule has 0 unspecified atom stereocenters. The van der Waals surface area contributed by atoms with E-state index in [1.165, 1.54) is 0 Å². The van der Waals surface area contributed by atoms with Crippen LogP contribution >= 0.6 is 0 Å². The molecule has 0 fully saturated rings. The summed E-state index contributed by atoms with van der Waals surface area (Å²) in [5.41, 5.74) is 6.01. The third-order valence-corrected chi connectivity index (χ3v) is 1.27. The number of carbonyl (C=O) groups is 1. The van der Waals surface area contributed by atoms with Crippen molar-refractivity contribution in [3.05, 3.63) is 37.0 Å². The van der Waals surface area contributed by atoms with Crippen LogP contribution in [-0.2, 0) is 4.79 Å². The summed E-state index contributed by atoms with van der Waals surface area (Å²) in [5.74, 6) is -0.174. The van der Waals surface area contributed by atoms with Crippen LogP contribution in [0.5, 0.6) is 0 Å². The van der Waals surface area contributed by atoms with Gasteiger partial charge in [0.2, 0.25) is 5.91 Å². The Labute approximate surface area is 72.6 Å². The Morgan fingerprint density at radius 2 is 2.17 bits per heavy atom. The summed E-state index contributed by atoms with van der Waals surface area (Å²) in [4.78, 5) is 10.7. The number of hydrogen-bond donors (Lipinski definition) is 2. The van der Waals surface area contributed by atoms with E-state index in [9.17, 15) is 4.79 Å². The molecule has 0 atom stereocenters. The molecule has 0 bridgehead atoms. The van der Waals surface area contributed by atoms with Crippen LogP contribution in [0.4, 0.5) is 0 Å². The summed E-state index contributed by atoms with van der Waals surface area (Å²) < 4.78 is 0. The van der Waals surface area contributed by atoms with Crippen molar-refractivity contribution in [2.45, 2.75) is 0 Å². The highest BCUT2D eigenvalue weighted by Crippen LogP contribution is 1.92. The molecule has 0 spiro atoms. The Hall–Kier alpha value is -1.35. The molecule has 0 aromatic carbocycles. The fourth-order valence-corrected chi connectivity index (χ4v) is 0.623. The lowest BCUT2D eigenvalue weighted by Crippen LogP contribution is -2.31. The molecule has 0 aromatic heterocycles. The normalized spacial score (nSPS) is 10.6. The molecule has 12 heavy (non-hydrogen) atoms. The maximum Gasteiger partial charge on any atom is 0.234 e. The molecule has 0 radical (unpaired) electrons. The summed E-state index contributed by atoms with van der Waals surface area (Å²) in [7, 11) is 0. The third kappa shape index (κ3) is 4.46. The van der Waals surface area contributed by atoms with Crippen molar-refractivity contribution < 1.29 is 4.79 Å². The van der Waals surface area contributed by atoms with Crippen LogP contribution in [0, 0.1) is 0 Å². The summed E-state index contributed by atoms with van der Waals surface area (Å²) in [6.45, 7) is 7.58. The smallest absolute Gasteiger partial charge is 0.234 e. The first kappa shape index (κ1) is 10.7. The van der Waals surface area contributed by atoms with E-state index in [-0.39, 0.29) is 12.5 Å². The summed E-state index contributed by atoms with van der Waals surface area (Å²) in [5, 5.41) is 2.62. The zero-order valence-corrected chi connectivity index (χ0v) is 7.05. The predicted molar refractivity (Wildman–Crippen MR) is 50.5 cm³/mol. The number of allylic oxidation sites excluding steroid dienone is 2. The van der Waals surface area contributed by atoms with Gasteiger partial charge in [-0.05, 0) is 5.57 Å². The first-order valence-corrected chi connectivity index (χ1v) is 3.65. The monoisotopic (exact) mass is 166 g/mol. The van der Waals surface area contributed by atoms with Crippen molar-refractivity contribution in [3.63, 3.8) is 0 Å². The van der Waals surface area contributed by atoms with Crippen LogP contribution < -0.4 is 11.1 Å². The van der Waals surface area contributed by atoms with Gasteiger partial charge in [0.15, 0.2) is 0 Å². The third-order valence-electron chi connectivity index (χ3n) is 1.27. The van der Waals surface area contributed by atoms with Crippen molar-refractivity contribution in [2.24, 2.45) is 5.73 Å². The average Bonchev–Trinajstić information content (AvgIpc) is 2.11. The molecule has 0 saturated heterocycles. The van der Waals surface area contributed by atoms with E-state index in [0.717, 1.165) is 5.57 Å². The second-order valence-corrected chi connectivity index (χ2v) is 2.16. The number of hydrogen-bond acceptors (Lipinski definition) is 2. The zero-order valence-electron chi connectivity index (χ0n) is 7.05. The minimum Gasteiger partial charge on any atom is -0.351 e. The number of nitrogens with two attached hydrogens (primary N) is 1. The Balaban J connectivity index is 3.88. The standard InChI is InChI=1S/C9H14N2O/c1-3-5-8(4-2)7-11-9(12)6-10/h3-5H,1-2,6-7,10H2,(H,11,12)/b8-5+. The largest absolute Gasteiger partial charge is 0.351 e. The molecule has 0 saturated carbocycles. The van der Waals surface area contributed by atoms with Gasteiger partial charge < -0.3 is 11.1 Å². The molecule has 3 N–H and O–H groups in total. The fraction of sp³-hybridized carbons (Fsp3) is 0.222. The van der Waals surface area contributed by atoms with Crippen molar-refractivity contribution >= 4 is 5.91 Å². The zero-order chi connectivity index (χ0) is 9.40. The molecule has 1 amide bonds. The predicted octanol–water partition coefficient (Wildman–Crippen LogP) is 0.360. The lowest BCUT2D eigenvalue weighted by molar-refractivity contribution is -0.119. The lowest BCUT2D eigenvalue weighted by Gasteiger charge is -2.02. The van der Waals surface area contributed by atoms with Crippen LogP contribution in [0.2, 0.25) is 0 Å². The van der Waals surface area contributed by atoms with Crippen LogP contribution in [0.1, 0.15) is 0 Å². The molecule has 0 aromatic rings. The highest BCUT2D eigenvalue weighted by Gasteiger charge is 1.95. The van der Waals surface area contributed by atoms with E-state index >= 15 is 0 Å². The van der Waals surface area contributed by atoms with Gasteiger partial charge in [-0.3, -0.25) is 4.79 Å². The first-order chi connectivity index (χ1) is 5.74. The molecule has 3 nitrogen and oxygen atoms in total. The molecule has 66 valence electrons. The number of carbonyl (C=O) groups excluding carboxylic acids is 1. The van der Waals surface area contributed by atoms with Crippen molar-refractivity contribution in [1.82, 2.24) is 5.32 Å². The lowest BCUT2D eigenvalue weighted by atomic mass is 10.2. The second kappa shape index (κ2) is 6.37. The van der Waals surface area contributed by atoms with Gasteiger partial charge in [-0.25, -0.2) is 0 Å². The Morgan fingerprint density at radius 3 is 2.58 bits per heavy atom. The quantitative estimate of drug-likeness (QED) is 0.579. The summed E-state index contributed by atoms with van der Waals surface area (Å²) in [6.07, 6.45) is 5.09. The molecule has 0 aliphatic heterocycles. The van der Waals surface area contributed by atoms with E-state index in [4.69, 9.17) is 5.73 Å². The minimum absolute atomic E-state index is 0.0124. The van der Waals surface area contributed by atoms with E-state index in [1.807, 2.05) is 0 Å². The molecule has 0 aliphatic rings. The van der Waals surface area contributed by atoms with Crippen molar-refractivity contribution in [1.29, 1.82) is 0 Å². The van der Waals surface area contributed by atoms with Crippen LogP contribution in [0.25, 0.3) is 0 Å². The van der Waals surface area contributed by atoms with Crippen LogP contribution in [0.3, 0.4) is 0 Å². The van der Waals surface area contributed by atoms with Gasteiger partial charge in [0.25, 0.3) is 0 Å². The maximum absolute atomic E-state index is 10.7. The summed E-state index contributed by atoms with van der Waals surface area (Å²) in [6, 6.07) is 0. The Morgan fingerprint density at radius 1 is 1.50 bits per heavy atom. The topological polar surface area (TPSA) is 55.1 Å². The average molecular weight is 166 g/mol. The summed E-state index contributed by atoms with van der Waals surface area (Å²) >= 11 is 0. The number of rotatable bonds is 5. The second-order valence-electron chi connectivity index (χ2n) is 2.16. The number of nitrogens with one attached hydrogen (secondary N) is 1. The molecular weight excluding hydrogens is 152 g/mol. The molecule has 0 heterocycles. The molecule has 0 aliphatic carbocycles. The fourth-order valence-electron chi connectivity index (χ4n) is 0.623. The van der Waals surface area contributed by atoms with E-state index < -0.39 is 0 Å². The van der Waals surface area contributed by atoms with E-state index in [0.29, 0.717) is 6.54 Å². The SMILES string of the molecule is C=C/C=C(\C=C)CNC(=O)CN. The Bertz CT molecular complexity index is 207. The van der Waals surface area contributed by atoms with E-state index in [2.05, 4.69) is 18.5 Å². The van der Waals surface area contributed by atoms with Gasteiger partial charge in [0.05, 0.1) is 6.54 Å². The van der Waals surface area contributed by atoms with Crippen molar-refractivity contribution in [3.8, 4) is 0 Å². The maximum atomic E-state index is 10.7. The molecular formula is C9H14N2O. The minimum atomic E-state index is -0.174. The van der Waals surface area contributed by atoms with Crippen LogP contribution in [0.15, 0.2) is 37.0 Å². The molecule has 0 rings (SSSR count). The Kier molecular flexibility index (Phi) is 5.65. The first-order valence-electron chi connectivity index (χ1n) is 3.65. The van der Waals surface area contributed by atoms with Gasteiger partial charge in [-0.15, -0.1) is 0 Å². The number of amides is 1. The highest BCUT2D eigenvalue weighted by molar-refractivity contribution is 5.78. The van der Waals surface area contributed by atoms with E-state index in [1.54, 1.807) is 18.2 Å². The van der Waals surface area contributed by atoms with Gasteiger partial charge in [0, 0.05) is 6.54 Å². The van der Waals surface area contributed by atoms with Gasteiger partial charge in [-0.2, -0.15) is 0 Å². The van der Waals surface area contributed by atoms with Crippen molar-refractivity contribution in [2.75, 3.05) is 13.1 Å². The van der Waals surface area contributed by atoms with Gasteiger partial charge in [-0.1, -0.05) is 31.4 Å².